The van der Waals surface area contributed by atoms with Gasteiger partial charge in [-0.3, -0.25) is 9.59 Å². The van der Waals surface area contributed by atoms with Gasteiger partial charge in [-0.05, 0) is 31.0 Å². The number of carbonyl (C=O) groups excluding carboxylic acids is 2. The number of fused-ring (bicyclic) bond motifs is 1. The van der Waals surface area contributed by atoms with Gasteiger partial charge in [-0.1, -0.05) is 24.2 Å². The summed E-state index contributed by atoms with van der Waals surface area (Å²) in [6.45, 7) is 0. The lowest BCUT2D eigenvalue weighted by Crippen LogP contribution is -2.34. The number of imide groups is 1. The smallest absolute Gasteiger partial charge is 0.242 e. The van der Waals surface area contributed by atoms with Crippen LogP contribution in [0.2, 0.25) is 0 Å². The molecule has 2 aromatic rings. The molecular formula is C15H15N3O2S. The van der Waals surface area contributed by atoms with Crippen molar-refractivity contribution in [3.05, 3.63) is 18.2 Å². The van der Waals surface area contributed by atoms with E-state index in [1.807, 2.05) is 12.1 Å². The first-order valence-electron chi connectivity index (χ1n) is 7.13. The SMILES string of the molecule is Nc1ccc2nc(N3C(=O)CC4(CCCC4)C3=O)sc2c1. The number of hydrogen-bond donors (Lipinski definition) is 1. The van der Waals surface area contributed by atoms with E-state index in [1.54, 1.807) is 6.07 Å². The van der Waals surface area contributed by atoms with Gasteiger partial charge in [-0.2, -0.15) is 0 Å². The van der Waals surface area contributed by atoms with E-state index >= 15 is 0 Å². The third kappa shape index (κ3) is 1.78. The quantitative estimate of drug-likeness (QED) is 0.649. The van der Waals surface area contributed by atoms with E-state index in [0.717, 1.165) is 35.9 Å². The van der Waals surface area contributed by atoms with E-state index in [-0.39, 0.29) is 11.8 Å². The van der Waals surface area contributed by atoms with Gasteiger partial charge >= 0.3 is 0 Å². The maximum absolute atomic E-state index is 12.7. The van der Waals surface area contributed by atoms with Gasteiger partial charge in [-0.25, -0.2) is 9.88 Å². The number of amides is 2. The first-order chi connectivity index (χ1) is 10.1. The number of rotatable bonds is 1. The van der Waals surface area contributed by atoms with Crippen molar-refractivity contribution < 1.29 is 9.59 Å². The summed E-state index contributed by atoms with van der Waals surface area (Å²) in [5.41, 5.74) is 6.75. The molecule has 2 heterocycles. The molecule has 2 aliphatic rings. The fourth-order valence-electron chi connectivity index (χ4n) is 3.46. The summed E-state index contributed by atoms with van der Waals surface area (Å²) in [5, 5.41) is 0.481. The topological polar surface area (TPSA) is 76.3 Å². The van der Waals surface area contributed by atoms with Crippen molar-refractivity contribution in [2.45, 2.75) is 32.1 Å². The highest BCUT2D eigenvalue weighted by Gasteiger charge is 2.53. The third-order valence-corrected chi connectivity index (χ3v) is 5.55. The van der Waals surface area contributed by atoms with Gasteiger partial charge in [0.15, 0.2) is 5.13 Å². The van der Waals surface area contributed by atoms with E-state index in [2.05, 4.69) is 4.98 Å². The molecule has 0 atom stereocenters. The van der Waals surface area contributed by atoms with Crippen LogP contribution in [0, 0.1) is 5.41 Å². The minimum atomic E-state index is -0.450. The van der Waals surface area contributed by atoms with Gasteiger partial charge in [0.2, 0.25) is 11.8 Å². The lowest BCUT2D eigenvalue weighted by Gasteiger charge is -2.19. The first kappa shape index (κ1) is 12.8. The maximum atomic E-state index is 12.7. The predicted octanol–water partition coefficient (Wildman–Crippen LogP) is 2.70. The molecule has 1 aromatic heterocycles. The molecule has 1 saturated heterocycles. The van der Waals surface area contributed by atoms with Crippen LogP contribution in [0.5, 0.6) is 0 Å². The zero-order valence-corrected chi connectivity index (χ0v) is 12.3. The van der Waals surface area contributed by atoms with Crippen LogP contribution in [0.15, 0.2) is 18.2 Å². The number of nitrogens with zero attached hydrogens (tertiary/aromatic N) is 2. The fourth-order valence-corrected chi connectivity index (χ4v) is 4.49. The number of benzene rings is 1. The highest BCUT2D eigenvalue weighted by atomic mass is 32.1. The molecule has 1 saturated carbocycles. The van der Waals surface area contributed by atoms with E-state index in [0.29, 0.717) is 17.2 Å². The van der Waals surface area contributed by atoms with Crippen LogP contribution >= 0.6 is 11.3 Å². The second-order valence-corrected chi connectivity index (χ2v) is 6.93. The Morgan fingerprint density at radius 3 is 2.76 bits per heavy atom. The van der Waals surface area contributed by atoms with Crippen LogP contribution in [0.25, 0.3) is 10.2 Å². The molecular weight excluding hydrogens is 286 g/mol. The summed E-state index contributed by atoms with van der Waals surface area (Å²) in [7, 11) is 0. The highest BCUT2D eigenvalue weighted by molar-refractivity contribution is 7.22. The summed E-state index contributed by atoms with van der Waals surface area (Å²) >= 11 is 1.35. The molecule has 4 rings (SSSR count). The van der Waals surface area contributed by atoms with Gasteiger partial charge in [0, 0.05) is 12.1 Å². The average molecular weight is 301 g/mol. The van der Waals surface area contributed by atoms with Crippen LogP contribution in [0.1, 0.15) is 32.1 Å². The predicted molar refractivity (Wildman–Crippen MR) is 82.0 cm³/mol. The monoisotopic (exact) mass is 301 g/mol. The standard InChI is InChI=1S/C15H15N3O2S/c16-9-3-4-10-11(7-9)21-14(17-10)18-12(19)8-15(13(18)20)5-1-2-6-15/h3-4,7H,1-2,5-6,8,16H2. The number of nitrogen functional groups attached to an aromatic ring is 1. The van der Waals surface area contributed by atoms with Gasteiger partial charge in [0.25, 0.3) is 0 Å². The van der Waals surface area contributed by atoms with Crippen molar-refractivity contribution in [3.63, 3.8) is 0 Å². The van der Waals surface area contributed by atoms with E-state index < -0.39 is 5.41 Å². The van der Waals surface area contributed by atoms with Crippen molar-refractivity contribution >= 4 is 44.2 Å². The molecule has 1 aliphatic carbocycles. The van der Waals surface area contributed by atoms with E-state index in [1.165, 1.54) is 16.2 Å². The van der Waals surface area contributed by atoms with Crippen molar-refractivity contribution in [1.82, 2.24) is 4.98 Å². The van der Waals surface area contributed by atoms with Crippen LogP contribution in [0.4, 0.5) is 10.8 Å². The Kier molecular flexibility index (Phi) is 2.60. The molecule has 2 N–H and O–H groups in total. The molecule has 1 aliphatic heterocycles. The van der Waals surface area contributed by atoms with Crippen LogP contribution in [-0.2, 0) is 9.59 Å². The van der Waals surface area contributed by atoms with Crippen molar-refractivity contribution in [2.24, 2.45) is 5.41 Å². The zero-order valence-electron chi connectivity index (χ0n) is 11.5. The number of carbonyl (C=O) groups is 2. The van der Waals surface area contributed by atoms with E-state index in [4.69, 9.17) is 5.73 Å². The molecule has 0 radical (unpaired) electrons. The highest BCUT2D eigenvalue weighted by Crippen LogP contribution is 2.48. The Morgan fingerprint density at radius 1 is 1.24 bits per heavy atom. The largest absolute Gasteiger partial charge is 0.399 e. The van der Waals surface area contributed by atoms with Gasteiger partial charge < -0.3 is 5.73 Å². The van der Waals surface area contributed by atoms with Crippen molar-refractivity contribution in [1.29, 1.82) is 0 Å². The Labute approximate surface area is 125 Å². The lowest BCUT2D eigenvalue weighted by atomic mass is 9.85. The van der Waals surface area contributed by atoms with Crippen LogP contribution in [-0.4, -0.2) is 16.8 Å². The summed E-state index contributed by atoms with van der Waals surface area (Å²) in [4.78, 5) is 30.8. The summed E-state index contributed by atoms with van der Waals surface area (Å²) < 4.78 is 0.901. The molecule has 2 amide bonds. The zero-order chi connectivity index (χ0) is 14.6. The summed E-state index contributed by atoms with van der Waals surface area (Å²) in [6, 6.07) is 5.42. The summed E-state index contributed by atoms with van der Waals surface area (Å²) in [5.74, 6) is -0.175. The maximum Gasteiger partial charge on any atom is 0.242 e. The Balaban J connectivity index is 1.77. The molecule has 5 nitrogen and oxygen atoms in total. The first-order valence-corrected chi connectivity index (χ1v) is 7.94. The number of nitrogens with two attached hydrogens (primary N) is 1. The number of aromatic nitrogens is 1. The van der Waals surface area contributed by atoms with Gasteiger partial charge in [0.1, 0.15) is 0 Å². The minimum Gasteiger partial charge on any atom is -0.399 e. The molecule has 2 fully saturated rings. The average Bonchev–Trinajstić information content (AvgIpc) is 3.10. The molecule has 1 aromatic carbocycles. The second kappa shape index (κ2) is 4.27. The third-order valence-electron chi connectivity index (χ3n) is 4.55. The van der Waals surface area contributed by atoms with E-state index in [9.17, 15) is 9.59 Å². The van der Waals surface area contributed by atoms with Crippen molar-refractivity contribution in [3.8, 4) is 0 Å². The second-order valence-electron chi connectivity index (χ2n) is 5.92. The molecule has 6 heteroatoms. The Hall–Kier alpha value is -1.95. The van der Waals surface area contributed by atoms with Crippen LogP contribution < -0.4 is 10.6 Å². The number of thiazole rings is 1. The number of hydrogen-bond acceptors (Lipinski definition) is 5. The Morgan fingerprint density at radius 2 is 2.00 bits per heavy atom. The molecule has 108 valence electrons. The fraction of sp³-hybridized carbons (Fsp3) is 0.400. The molecule has 0 bridgehead atoms. The van der Waals surface area contributed by atoms with Crippen LogP contribution in [0.3, 0.4) is 0 Å². The molecule has 21 heavy (non-hydrogen) atoms. The molecule has 0 unspecified atom stereocenters. The van der Waals surface area contributed by atoms with Gasteiger partial charge in [0.05, 0.1) is 15.6 Å². The minimum absolute atomic E-state index is 0.0583. The lowest BCUT2D eigenvalue weighted by molar-refractivity contribution is -0.125. The normalized spacial score (nSPS) is 21.0. The Bertz CT molecular complexity index is 761. The molecule has 1 spiro atoms. The van der Waals surface area contributed by atoms with Crippen molar-refractivity contribution in [2.75, 3.05) is 10.6 Å². The number of anilines is 2. The summed E-state index contributed by atoms with van der Waals surface area (Å²) in [6.07, 6.45) is 4.05. The van der Waals surface area contributed by atoms with Gasteiger partial charge in [-0.15, -0.1) is 0 Å².